The average molecular weight is 312 g/mol. The van der Waals surface area contributed by atoms with Crippen LogP contribution in [0.4, 0.5) is 5.69 Å². The monoisotopic (exact) mass is 311 g/mol. The summed E-state index contributed by atoms with van der Waals surface area (Å²) < 4.78 is 0.928. The van der Waals surface area contributed by atoms with Crippen LogP contribution in [0.15, 0.2) is 40.5 Å². The van der Waals surface area contributed by atoms with Gasteiger partial charge in [-0.05, 0) is 30.7 Å². The first-order valence-electron chi connectivity index (χ1n) is 5.53. The number of nitrogens with one attached hydrogen (secondary N) is 1. The summed E-state index contributed by atoms with van der Waals surface area (Å²) in [6, 6.07) is 7.21. The maximum absolute atomic E-state index is 11.6. The molecule has 0 bridgehead atoms. The SMILES string of the molecule is CCCC(=O)/C(=C\Nc1ccc(Br)cc1)C(=O)O. The van der Waals surface area contributed by atoms with Gasteiger partial charge in [0.1, 0.15) is 5.57 Å². The van der Waals surface area contributed by atoms with Crippen LogP contribution in [0.5, 0.6) is 0 Å². The molecule has 0 atom stereocenters. The normalized spacial score (nSPS) is 11.1. The van der Waals surface area contributed by atoms with Crippen molar-refractivity contribution in [1.82, 2.24) is 0 Å². The molecule has 0 amide bonds. The first-order chi connectivity index (χ1) is 8.54. The molecule has 1 aromatic rings. The number of hydrogen-bond donors (Lipinski definition) is 2. The van der Waals surface area contributed by atoms with E-state index in [0.717, 1.165) is 10.2 Å². The summed E-state index contributed by atoms with van der Waals surface area (Å²) >= 11 is 3.30. The number of rotatable bonds is 6. The minimum atomic E-state index is -1.21. The Morgan fingerprint density at radius 2 is 1.94 bits per heavy atom. The van der Waals surface area contributed by atoms with Gasteiger partial charge >= 0.3 is 5.97 Å². The van der Waals surface area contributed by atoms with Crippen molar-refractivity contribution in [1.29, 1.82) is 0 Å². The van der Waals surface area contributed by atoms with Crippen molar-refractivity contribution in [2.75, 3.05) is 5.32 Å². The van der Waals surface area contributed by atoms with E-state index in [-0.39, 0.29) is 17.8 Å². The van der Waals surface area contributed by atoms with E-state index in [0.29, 0.717) is 6.42 Å². The molecule has 0 saturated carbocycles. The summed E-state index contributed by atoms with van der Waals surface area (Å²) in [4.78, 5) is 22.5. The quantitative estimate of drug-likeness (QED) is 0.481. The van der Waals surface area contributed by atoms with Crippen LogP contribution in [-0.2, 0) is 9.59 Å². The van der Waals surface area contributed by atoms with Gasteiger partial charge in [0.25, 0.3) is 0 Å². The number of aliphatic carboxylic acids is 1. The van der Waals surface area contributed by atoms with Crippen LogP contribution in [0.25, 0.3) is 0 Å². The predicted octanol–water partition coefficient (Wildman–Crippen LogP) is 3.20. The second kappa shape index (κ2) is 6.96. The van der Waals surface area contributed by atoms with Gasteiger partial charge in [-0.25, -0.2) is 4.79 Å². The summed E-state index contributed by atoms with van der Waals surface area (Å²) in [6.45, 7) is 1.83. The molecule has 0 spiro atoms. The molecular formula is C13H14BrNO3. The van der Waals surface area contributed by atoms with E-state index < -0.39 is 5.97 Å². The minimum absolute atomic E-state index is 0.222. The third-order valence-corrected chi connectivity index (χ3v) is 2.76. The van der Waals surface area contributed by atoms with Crippen LogP contribution in [0.2, 0.25) is 0 Å². The van der Waals surface area contributed by atoms with Crippen molar-refractivity contribution in [3.8, 4) is 0 Å². The highest BCUT2D eigenvalue weighted by Crippen LogP contribution is 2.14. The Bertz CT molecular complexity index is 466. The van der Waals surface area contributed by atoms with Crippen molar-refractivity contribution >= 4 is 33.4 Å². The fraction of sp³-hybridized carbons (Fsp3) is 0.231. The second-order valence-corrected chi connectivity index (χ2v) is 4.60. The molecular weight excluding hydrogens is 298 g/mol. The zero-order valence-electron chi connectivity index (χ0n) is 9.94. The molecule has 1 aromatic carbocycles. The molecule has 0 aromatic heterocycles. The lowest BCUT2D eigenvalue weighted by molar-refractivity contribution is -0.134. The van der Waals surface area contributed by atoms with E-state index in [2.05, 4.69) is 21.2 Å². The van der Waals surface area contributed by atoms with Gasteiger partial charge in [0.05, 0.1) is 0 Å². The molecule has 18 heavy (non-hydrogen) atoms. The minimum Gasteiger partial charge on any atom is -0.478 e. The highest BCUT2D eigenvalue weighted by molar-refractivity contribution is 9.10. The number of carbonyl (C=O) groups excluding carboxylic acids is 1. The summed E-state index contributed by atoms with van der Waals surface area (Å²) in [6.07, 6.45) is 2.10. The lowest BCUT2D eigenvalue weighted by Crippen LogP contribution is -2.13. The Morgan fingerprint density at radius 1 is 1.33 bits per heavy atom. The molecule has 0 aliphatic heterocycles. The lowest BCUT2D eigenvalue weighted by atomic mass is 10.1. The van der Waals surface area contributed by atoms with Gasteiger partial charge in [-0.3, -0.25) is 4.79 Å². The molecule has 0 unspecified atom stereocenters. The molecule has 96 valence electrons. The molecule has 0 heterocycles. The van der Waals surface area contributed by atoms with Crippen LogP contribution in [-0.4, -0.2) is 16.9 Å². The van der Waals surface area contributed by atoms with Crippen molar-refractivity contribution in [3.63, 3.8) is 0 Å². The molecule has 0 aliphatic carbocycles. The van der Waals surface area contributed by atoms with Crippen molar-refractivity contribution < 1.29 is 14.7 Å². The molecule has 4 nitrogen and oxygen atoms in total. The Kier molecular flexibility index (Phi) is 5.58. The molecule has 5 heteroatoms. The smallest absolute Gasteiger partial charge is 0.340 e. The Labute approximate surface area is 114 Å². The van der Waals surface area contributed by atoms with Gasteiger partial charge in [-0.15, -0.1) is 0 Å². The molecule has 2 N–H and O–H groups in total. The number of anilines is 1. The summed E-state index contributed by atoms with van der Waals surface area (Å²) in [5.41, 5.74) is 0.501. The van der Waals surface area contributed by atoms with Gasteiger partial charge in [0.15, 0.2) is 5.78 Å². The Hall–Kier alpha value is -1.62. The van der Waals surface area contributed by atoms with E-state index in [1.54, 1.807) is 12.1 Å². The number of ketones is 1. The number of hydrogen-bond acceptors (Lipinski definition) is 3. The average Bonchev–Trinajstić information content (AvgIpc) is 2.31. The highest BCUT2D eigenvalue weighted by atomic mass is 79.9. The molecule has 0 fully saturated rings. The number of carbonyl (C=O) groups is 2. The number of Topliss-reactive ketones (excluding diaryl/α,β-unsaturated/α-hetero) is 1. The van der Waals surface area contributed by atoms with Crippen LogP contribution in [0, 0.1) is 0 Å². The van der Waals surface area contributed by atoms with Gasteiger partial charge < -0.3 is 10.4 Å². The first-order valence-corrected chi connectivity index (χ1v) is 6.32. The third-order valence-electron chi connectivity index (χ3n) is 2.24. The topological polar surface area (TPSA) is 66.4 Å². The van der Waals surface area contributed by atoms with Crippen LogP contribution < -0.4 is 5.32 Å². The first kappa shape index (κ1) is 14.4. The van der Waals surface area contributed by atoms with E-state index >= 15 is 0 Å². The number of halogens is 1. The van der Waals surface area contributed by atoms with Crippen LogP contribution >= 0.6 is 15.9 Å². The molecule has 1 rings (SSSR count). The van der Waals surface area contributed by atoms with Crippen LogP contribution in [0.3, 0.4) is 0 Å². The second-order valence-electron chi connectivity index (χ2n) is 3.69. The molecule has 0 aliphatic rings. The Balaban J connectivity index is 2.80. The van der Waals surface area contributed by atoms with E-state index in [1.165, 1.54) is 6.20 Å². The van der Waals surface area contributed by atoms with Gasteiger partial charge in [0, 0.05) is 22.8 Å². The largest absolute Gasteiger partial charge is 0.478 e. The van der Waals surface area contributed by atoms with Gasteiger partial charge in [-0.1, -0.05) is 22.9 Å². The fourth-order valence-corrected chi connectivity index (χ4v) is 1.59. The predicted molar refractivity (Wildman–Crippen MR) is 73.4 cm³/mol. The maximum Gasteiger partial charge on any atom is 0.340 e. The zero-order valence-corrected chi connectivity index (χ0v) is 11.5. The molecule has 0 saturated heterocycles. The van der Waals surface area contributed by atoms with Crippen molar-refractivity contribution in [3.05, 3.63) is 40.5 Å². The van der Waals surface area contributed by atoms with Crippen molar-refractivity contribution in [2.24, 2.45) is 0 Å². The number of benzene rings is 1. The lowest BCUT2D eigenvalue weighted by Gasteiger charge is -2.04. The number of carboxylic acid groups (broad SMARTS) is 1. The maximum atomic E-state index is 11.6. The molecule has 0 radical (unpaired) electrons. The van der Waals surface area contributed by atoms with Crippen molar-refractivity contribution in [2.45, 2.75) is 19.8 Å². The highest BCUT2D eigenvalue weighted by Gasteiger charge is 2.15. The Morgan fingerprint density at radius 3 is 2.44 bits per heavy atom. The fourth-order valence-electron chi connectivity index (χ4n) is 1.32. The standard InChI is InChI=1S/C13H14BrNO3/c1-2-3-12(16)11(13(17)18)8-15-10-6-4-9(14)5-7-10/h4-8,15H,2-3H2,1H3,(H,17,18)/b11-8+. The summed E-state index contributed by atoms with van der Waals surface area (Å²) in [7, 11) is 0. The van der Waals surface area contributed by atoms with Gasteiger partial charge in [-0.2, -0.15) is 0 Å². The number of carboxylic acids is 1. The summed E-state index contributed by atoms with van der Waals surface area (Å²) in [5, 5.41) is 11.8. The van der Waals surface area contributed by atoms with E-state index in [1.807, 2.05) is 19.1 Å². The summed E-state index contributed by atoms with van der Waals surface area (Å²) in [5.74, 6) is -1.58. The van der Waals surface area contributed by atoms with E-state index in [9.17, 15) is 9.59 Å². The van der Waals surface area contributed by atoms with Crippen LogP contribution in [0.1, 0.15) is 19.8 Å². The van der Waals surface area contributed by atoms with Gasteiger partial charge in [0.2, 0.25) is 0 Å². The zero-order chi connectivity index (χ0) is 13.5. The third kappa shape index (κ3) is 4.33. The van der Waals surface area contributed by atoms with E-state index in [4.69, 9.17) is 5.11 Å².